The summed E-state index contributed by atoms with van der Waals surface area (Å²) in [6.07, 6.45) is 14.0. The van der Waals surface area contributed by atoms with Crippen LogP contribution in [0.4, 0.5) is 0 Å². The zero-order valence-electron chi connectivity index (χ0n) is 30.5. The summed E-state index contributed by atoms with van der Waals surface area (Å²) >= 11 is 0. The molecule has 11 heteroatoms. The standard InChI is InChI=1S/C38H60N2O9/c1-26(11-14-36-27(2)21-35(30(5)48-36)40-37(43)15-12-29(4)47-31(6)41)10-13-33-23-38(25-46-38)24-34(49-33)22-32(42)9-8-17-44-19-20-45-18-16-28(3)39-7/h10-13,15,27,29-30,33-36,39H,3,8-9,14,16-25H2,1-2,4-7H3,(H,40,43)/b13-10+,15-12-,26-11+/t27-,29-,30+,33+,34+,35+,36-,38+/m0/s1. The fourth-order valence-electron chi connectivity index (χ4n) is 6.25. The summed E-state index contributed by atoms with van der Waals surface area (Å²) in [6, 6.07) is -0.101. The maximum Gasteiger partial charge on any atom is 0.303 e. The minimum atomic E-state index is -0.465. The lowest BCUT2D eigenvalue weighted by Gasteiger charge is -2.39. The second kappa shape index (κ2) is 20.7. The average Bonchev–Trinajstić information content (AvgIpc) is 3.79. The van der Waals surface area contributed by atoms with Crippen molar-refractivity contribution in [2.75, 3.05) is 40.1 Å². The lowest BCUT2D eigenvalue weighted by molar-refractivity contribution is -0.143. The van der Waals surface area contributed by atoms with Crippen LogP contribution in [-0.2, 0) is 42.8 Å². The highest BCUT2D eigenvalue weighted by Gasteiger charge is 2.51. The summed E-state index contributed by atoms with van der Waals surface area (Å²) in [5.74, 6) is -0.171. The number of epoxide rings is 1. The van der Waals surface area contributed by atoms with Gasteiger partial charge in [0.1, 0.15) is 11.9 Å². The monoisotopic (exact) mass is 688 g/mol. The van der Waals surface area contributed by atoms with Gasteiger partial charge in [0.25, 0.3) is 0 Å². The third-order valence-electron chi connectivity index (χ3n) is 9.23. The van der Waals surface area contributed by atoms with Crippen LogP contribution in [-0.4, -0.2) is 99.9 Å². The van der Waals surface area contributed by atoms with E-state index in [1.165, 1.54) is 13.0 Å². The van der Waals surface area contributed by atoms with E-state index in [0.29, 0.717) is 45.7 Å². The summed E-state index contributed by atoms with van der Waals surface area (Å²) in [5.41, 5.74) is 1.90. The predicted octanol–water partition coefficient (Wildman–Crippen LogP) is 4.90. The van der Waals surface area contributed by atoms with Crippen LogP contribution in [0, 0.1) is 5.92 Å². The number of allylic oxidation sites excluding steroid dienone is 2. The van der Waals surface area contributed by atoms with Crippen molar-refractivity contribution in [3.8, 4) is 0 Å². The third-order valence-corrected chi connectivity index (χ3v) is 9.23. The molecule has 0 aliphatic carbocycles. The fourth-order valence-corrected chi connectivity index (χ4v) is 6.25. The molecule has 3 aliphatic heterocycles. The Hall–Kier alpha value is -2.83. The number of amides is 1. The molecule has 0 aromatic carbocycles. The molecule has 0 unspecified atom stereocenters. The molecule has 3 saturated heterocycles. The van der Waals surface area contributed by atoms with E-state index in [0.717, 1.165) is 50.0 Å². The van der Waals surface area contributed by atoms with Crippen LogP contribution < -0.4 is 10.6 Å². The first-order chi connectivity index (χ1) is 23.4. The number of ether oxygens (including phenoxy) is 6. The number of hydrogen-bond donors (Lipinski definition) is 2. The van der Waals surface area contributed by atoms with E-state index >= 15 is 0 Å². The minimum absolute atomic E-state index is 0.0448. The van der Waals surface area contributed by atoms with Crippen molar-refractivity contribution in [3.63, 3.8) is 0 Å². The third kappa shape index (κ3) is 15.7. The van der Waals surface area contributed by atoms with E-state index in [4.69, 9.17) is 28.4 Å². The SMILES string of the molecule is C=C(CCOCCOCCCC(=O)C[C@@H]1C[C@@]2(CO2)C[C@@H](/C=C/C(C)=C/C[C@@H]2O[C@H](C)[C@H](NC(=O)/C=C\[C@H](C)OC(C)=O)C[C@@H]2C)O1)NC. The molecule has 276 valence electrons. The number of esters is 1. The number of carbonyl (C=O) groups excluding carboxylic acids is 3. The number of Topliss-reactive ketones (excluding diaryl/α,β-unsaturated/α-hetero) is 1. The highest BCUT2D eigenvalue weighted by atomic mass is 16.6. The Morgan fingerprint density at radius 2 is 1.76 bits per heavy atom. The van der Waals surface area contributed by atoms with E-state index in [-0.39, 0.29) is 59.6 Å². The number of ketones is 1. The van der Waals surface area contributed by atoms with Crippen LogP contribution in [0.1, 0.15) is 86.0 Å². The quantitative estimate of drug-likeness (QED) is 0.0564. The van der Waals surface area contributed by atoms with E-state index in [1.54, 1.807) is 13.0 Å². The average molecular weight is 689 g/mol. The van der Waals surface area contributed by atoms with Crippen LogP contribution in [0.15, 0.2) is 48.2 Å². The second-order valence-corrected chi connectivity index (χ2v) is 13.8. The van der Waals surface area contributed by atoms with E-state index < -0.39 is 6.10 Å². The molecule has 0 radical (unpaired) electrons. The first-order valence-electron chi connectivity index (χ1n) is 17.9. The van der Waals surface area contributed by atoms with Gasteiger partial charge in [-0.05, 0) is 52.0 Å². The van der Waals surface area contributed by atoms with Gasteiger partial charge in [0.2, 0.25) is 5.91 Å². The summed E-state index contributed by atoms with van der Waals surface area (Å²) in [5, 5.41) is 6.02. The van der Waals surface area contributed by atoms with Gasteiger partial charge in [-0.1, -0.05) is 37.3 Å². The van der Waals surface area contributed by atoms with Crippen molar-refractivity contribution in [1.29, 1.82) is 0 Å². The highest BCUT2D eigenvalue weighted by Crippen LogP contribution is 2.43. The molecule has 11 nitrogen and oxygen atoms in total. The molecule has 0 aromatic heterocycles. The molecule has 1 spiro atoms. The normalized spacial score (nSPS) is 29.2. The molecule has 3 rings (SSSR count). The van der Waals surface area contributed by atoms with Crippen LogP contribution in [0.2, 0.25) is 0 Å². The lowest BCUT2D eigenvalue weighted by atomic mass is 9.88. The molecule has 0 bridgehead atoms. The maximum atomic E-state index is 12.7. The van der Waals surface area contributed by atoms with Crippen molar-refractivity contribution in [2.24, 2.45) is 5.92 Å². The summed E-state index contributed by atoms with van der Waals surface area (Å²) in [6.45, 7) is 16.0. The van der Waals surface area contributed by atoms with Gasteiger partial charge in [0, 0.05) is 64.5 Å². The largest absolute Gasteiger partial charge is 0.459 e. The first-order valence-corrected chi connectivity index (χ1v) is 17.9. The predicted molar refractivity (Wildman–Crippen MR) is 188 cm³/mol. The van der Waals surface area contributed by atoms with Gasteiger partial charge in [0.15, 0.2) is 0 Å². The van der Waals surface area contributed by atoms with Gasteiger partial charge in [-0.2, -0.15) is 0 Å². The molecule has 0 aromatic rings. The van der Waals surface area contributed by atoms with Gasteiger partial charge in [-0.25, -0.2) is 0 Å². The fraction of sp³-hybridized carbons (Fsp3) is 0.711. The van der Waals surface area contributed by atoms with Crippen LogP contribution >= 0.6 is 0 Å². The molecule has 3 aliphatic rings. The first kappa shape index (κ1) is 40.6. The van der Waals surface area contributed by atoms with Gasteiger partial charge in [0.05, 0.1) is 62.5 Å². The smallest absolute Gasteiger partial charge is 0.303 e. The van der Waals surface area contributed by atoms with E-state index in [2.05, 4.69) is 49.3 Å². The number of nitrogens with one attached hydrogen (secondary N) is 2. The Bertz CT molecular complexity index is 1180. The molecule has 0 saturated carbocycles. The Labute approximate surface area is 293 Å². The lowest BCUT2D eigenvalue weighted by Crippen LogP contribution is -2.50. The van der Waals surface area contributed by atoms with Crippen molar-refractivity contribution < 1.29 is 42.8 Å². The maximum absolute atomic E-state index is 12.7. The molecule has 49 heavy (non-hydrogen) atoms. The van der Waals surface area contributed by atoms with Crippen molar-refractivity contribution in [3.05, 3.63) is 48.2 Å². The number of hydrogen-bond acceptors (Lipinski definition) is 10. The molecule has 8 atom stereocenters. The number of carbonyl (C=O) groups is 3. The van der Waals surface area contributed by atoms with Crippen molar-refractivity contribution >= 4 is 17.7 Å². The molecular weight excluding hydrogens is 628 g/mol. The van der Waals surface area contributed by atoms with Crippen molar-refractivity contribution in [2.45, 2.75) is 128 Å². The zero-order chi connectivity index (χ0) is 35.8. The number of rotatable bonds is 21. The van der Waals surface area contributed by atoms with Gasteiger partial charge >= 0.3 is 5.97 Å². The topological polar surface area (TPSA) is 134 Å². The van der Waals surface area contributed by atoms with Crippen LogP contribution in [0.25, 0.3) is 0 Å². The molecular formula is C38H60N2O9. The second-order valence-electron chi connectivity index (χ2n) is 13.8. The Balaban J connectivity index is 1.36. The Morgan fingerprint density at radius 3 is 2.45 bits per heavy atom. The summed E-state index contributed by atoms with van der Waals surface area (Å²) in [4.78, 5) is 36.2. The van der Waals surface area contributed by atoms with Gasteiger partial charge in [-0.3, -0.25) is 14.4 Å². The molecule has 1 amide bonds. The van der Waals surface area contributed by atoms with E-state index in [1.807, 2.05) is 14.0 Å². The van der Waals surface area contributed by atoms with Gasteiger partial charge < -0.3 is 39.1 Å². The van der Waals surface area contributed by atoms with E-state index in [9.17, 15) is 14.4 Å². The van der Waals surface area contributed by atoms with Gasteiger partial charge in [-0.15, -0.1) is 0 Å². The molecule has 2 N–H and O–H groups in total. The Morgan fingerprint density at radius 1 is 1.02 bits per heavy atom. The molecule has 3 fully saturated rings. The van der Waals surface area contributed by atoms with Crippen LogP contribution in [0.5, 0.6) is 0 Å². The minimum Gasteiger partial charge on any atom is -0.459 e. The molecule has 3 heterocycles. The zero-order valence-corrected chi connectivity index (χ0v) is 30.5. The highest BCUT2D eigenvalue weighted by molar-refractivity contribution is 5.87. The summed E-state index contributed by atoms with van der Waals surface area (Å²) in [7, 11) is 1.85. The Kier molecular flexibility index (Phi) is 17.2. The summed E-state index contributed by atoms with van der Waals surface area (Å²) < 4.78 is 34.7. The van der Waals surface area contributed by atoms with Crippen LogP contribution in [0.3, 0.4) is 0 Å². The van der Waals surface area contributed by atoms with Crippen molar-refractivity contribution in [1.82, 2.24) is 10.6 Å².